The molecule has 0 spiro atoms. The van der Waals surface area contributed by atoms with Crippen LogP contribution >= 0.6 is 0 Å². The number of rotatable bonds is 5. The maximum Gasteiger partial charge on any atom is 0.308 e. The van der Waals surface area contributed by atoms with E-state index >= 15 is 0 Å². The summed E-state index contributed by atoms with van der Waals surface area (Å²) in [7, 11) is 1.91. The van der Waals surface area contributed by atoms with Crippen molar-refractivity contribution in [1.82, 2.24) is 14.7 Å². The monoisotopic (exact) mass is 307 g/mol. The van der Waals surface area contributed by atoms with E-state index < -0.39 is 11.9 Å². The number of carboxylic acid groups (broad SMARTS) is 1. The molecule has 2 heterocycles. The van der Waals surface area contributed by atoms with E-state index in [1.165, 1.54) is 0 Å². The smallest absolute Gasteiger partial charge is 0.308 e. The summed E-state index contributed by atoms with van der Waals surface area (Å²) in [6.45, 7) is 5.09. The zero-order chi connectivity index (χ0) is 16.3. The van der Waals surface area contributed by atoms with Gasteiger partial charge in [-0.1, -0.05) is 13.8 Å². The van der Waals surface area contributed by atoms with Crippen LogP contribution in [0.25, 0.3) is 0 Å². The Morgan fingerprint density at radius 3 is 2.64 bits per heavy atom. The fourth-order valence-electron chi connectivity index (χ4n) is 3.26. The summed E-state index contributed by atoms with van der Waals surface area (Å²) in [5.41, 5.74) is 3.09. The molecular weight excluding hydrogens is 282 g/mol. The second-order valence-corrected chi connectivity index (χ2v) is 5.90. The van der Waals surface area contributed by atoms with Crippen molar-refractivity contribution in [1.29, 1.82) is 0 Å². The Kier molecular flexibility index (Phi) is 5.21. The summed E-state index contributed by atoms with van der Waals surface area (Å²) in [5.74, 6) is -1.21. The maximum absolute atomic E-state index is 12.6. The van der Waals surface area contributed by atoms with Crippen LogP contribution in [-0.2, 0) is 35.9 Å². The molecule has 0 saturated carbocycles. The second kappa shape index (κ2) is 6.94. The number of nitrogens with zero attached hydrogens (tertiary/aromatic N) is 3. The van der Waals surface area contributed by atoms with Crippen molar-refractivity contribution < 1.29 is 14.7 Å². The normalized spacial score (nSPS) is 18.5. The van der Waals surface area contributed by atoms with E-state index in [2.05, 4.69) is 12.0 Å². The highest BCUT2D eigenvalue weighted by atomic mass is 16.4. The number of aromatic nitrogens is 2. The Balaban J connectivity index is 2.13. The SMILES string of the molecule is CCc1nn(C)c(CC)c1CC(=O)N1CCCC(C(=O)O)C1. The third-order valence-electron chi connectivity index (χ3n) is 4.48. The number of aliphatic carboxylic acids is 1. The highest BCUT2D eigenvalue weighted by Crippen LogP contribution is 2.20. The summed E-state index contributed by atoms with van der Waals surface area (Å²) in [6, 6.07) is 0. The van der Waals surface area contributed by atoms with Crippen molar-refractivity contribution in [2.75, 3.05) is 13.1 Å². The van der Waals surface area contributed by atoms with E-state index in [4.69, 9.17) is 5.11 Å². The minimum atomic E-state index is -0.803. The Labute approximate surface area is 131 Å². The van der Waals surface area contributed by atoms with Crippen LogP contribution in [0, 0.1) is 5.92 Å². The molecule has 1 atom stereocenters. The van der Waals surface area contributed by atoms with E-state index in [0.717, 1.165) is 36.2 Å². The molecule has 0 radical (unpaired) electrons. The molecule has 1 unspecified atom stereocenters. The minimum Gasteiger partial charge on any atom is -0.481 e. The lowest BCUT2D eigenvalue weighted by atomic mass is 9.97. The molecule has 1 saturated heterocycles. The molecule has 0 aliphatic carbocycles. The van der Waals surface area contributed by atoms with Crippen LogP contribution in [0.2, 0.25) is 0 Å². The van der Waals surface area contributed by atoms with Gasteiger partial charge in [-0.2, -0.15) is 5.10 Å². The molecule has 1 aliphatic rings. The lowest BCUT2D eigenvalue weighted by Gasteiger charge is -2.30. The van der Waals surface area contributed by atoms with Crippen molar-refractivity contribution in [3.63, 3.8) is 0 Å². The van der Waals surface area contributed by atoms with Crippen molar-refractivity contribution in [2.24, 2.45) is 13.0 Å². The number of carboxylic acids is 1. The number of amides is 1. The average molecular weight is 307 g/mol. The summed E-state index contributed by atoms with van der Waals surface area (Å²) in [4.78, 5) is 25.4. The number of carbonyl (C=O) groups excluding carboxylic acids is 1. The predicted octanol–water partition coefficient (Wildman–Crippen LogP) is 1.41. The van der Waals surface area contributed by atoms with Gasteiger partial charge in [-0.25, -0.2) is 0 Å². The van der Waals surface area contributed by atoms with Crippen LogP contribution in [0.5, 0.6) is 0 Å². The first kappa shape index (κ1) is 16.5. The summed E-state index contributed by atoms with van der Waals surface area (Å²) in [6.07, 6.45) is 3.38. The van der Waals surface area contributed by atoms with E-state index in [-0.39, 0.29) is 5.91 Å². The van der Waals surface area contributed by atoms with Crippen LogP contribution in [0.3, 0.4) is 0 Å². The van der Waals surface area contributed by atoms with Gasteiger partial charge in [0, 0.05) is 31.4 Å². The Morgan fingerprint density at radius 2 is 2.05 bits per heavy atom. The lowest BCUT2D eigenvalue weighted by Crippen LogP contribution is -2.43. The number of carbonyl (C=O) groups is 2. The third kappa shape index (κ3) is 3.31. The first-order chi connectivity index (χ1) is 10.5. The van der Waals surface area contributed by atoms with Crippen LogP contribution < -0.4 is 0 Å². The molecule has 1 N–H and O–H groups in total. The minimum absolute atomic E-state index is 0.0170. The predicted molar refractivity (Wildman–Crippen MR) is 82.6 cm³/mol. The molecule has 1 aliphatic heterocycles. The maximum atomic E-state index is 12.6. The number of hydrogen-bond acceptors (Lipinski definition) is 3. The van der Waals surface area contributed by atoms with Gasteiger partial charge in [0.25, 0.3) is 0 Å². The zero-order valence-electron chi connectivity index (χ0n) is 13.6. The summed E-state index contributed by atoms with van der Waals surface area (Å²) >= 11 is 0. The second-order valence-electron chi connectivity index (χ2n) is 5.90. The lowest BCUT2D eigenvalue weighted by molar-refractivity contribution is -0.145. The molecule has 1 amide bonds. The topological polar surface area (TPSA) is 75.4 Å². The number of likely N-dealkylation sites (tertiary alicyclic amines) is 1. The Bertz CT molecular complexity index is 565. The molecule has 122 valence electrons. The fourth-order valence-corrected chi connectivity index (χ4v) is 3.26. The molecule has 1 aromatic rings. The zero-order valence-corrected chi connectivity index (χ0v) is 13.6. The van der Waals surface area contributed by atoms with Gasteiger partial charge < -0.3 is 10.0 Å². The van der Waals surface area contributed by atoms with Crippen molar-refractivity contribution in [3.8, 4) is 0 Å². The highest BCUT2D eigenvalue weighted by molar-refractivity contribution is 5.80. The van der Waals surface area contributed by atoms with Crippen LogP contribution in [-0.4, -0.2) is 44.8 Å². The van der Waals surface area contributed by atoms with Crippen LogP contribution in [0.15, 0.2) is 0 Å². The first-order valence-corrected chi connectivity index (χ1v) is 8.02. The summed E-state index contributed by atoms with van der Waals surface area (Å²) in [5, 5.41) is 13.6. The molecule has 1 fully saturated rings. The molecular formula is C16H25N3O3. The van der Waals surface area contributed by atoms with Gasteiger partial charge in [0.2, 0.25) is 5.91 Å². The van der Waals surface area contributed by atoms with E-state index in [0.29, 0.717) is 25.9 Å². The van der Waals surface area contributed by atoms with Gasteiger partial charge in [-0.3, -0.25) is 14.3 Å². The van der Waals surface area contributed by atoms with E-state index in [1.807, 2.05) is 18.7 Å². The van der Waals surface area contributed by atoms with Crippen molar-refractivity contribution >= 4 is 11.9 Å². The fraction of sp³-hybridized carbons (Fsp3) is 0.688. The number of aryl methyl sites for hydroxylation is 2. The van der Waals surface area contributed by atoms with Gasteiger partial charge in [-0.05, 0) is 25.7 Å². The molecule has 1 aromatic heterocycles. The van der Waals surface area contributed by atoms with E-state index in [9.17, 15) is 9.59 Å². The van der Waals surface area contributed by atoms with Gasteiger partial charge >= 0.3 is 5.97 Å². The third-order valence-corrected chi connectivity index (χ3v) is 4.48. The number of hydrogen-bond donors (Lipinski definition) is 1. The van der Waals surface area contributed by atoms with Gasteiger partial charge in [0.05, 0.1) is 18.0 Å². The Hall–Kier alpha value is -1.85. The van der Waals surface area contributed by atoms with Gasteiger partial charge in [0.1, 0.15) is 0 Å². The van der Waals surface area contributed by atoms with Crippen LogP contribution in [0.4, 0.5) is 0 Å². The molecule has 2 rings (SSSR count). The van der Waals surface area contributed by atoms with Gasteiger partial charge in [0.15, 0.2) is 0 Å². The van der Waals surface area contributed by atoms with Crippen molar-refractivity contribution in [3.05, 3.63) is 17.0 Å². The first-order valence-electron chi connectivity index (χ1n) is 8.02. The highest BCUT2D eigenvalue weighted by Gasteiger charge is 2.29. The molecule has 0 bridgehead atoms. The van der Waals surface area contributed by atoms with Gasteiger partial charge in [-0.15, -0.1) is 0 Å². The molecule has 0 aromatic carbocycles. The standard InChI is InChI=1S/C16H25N3O3/c1-4-13-12(14(5-2)18(3)17-13)9-15(20)19-8-6-7-11(10-19)16(21)22/h11H,4-10H2,1-3H3,(H,21,22). The van der Waals surface area contributed by atoms with Crippen LogP contribution in [0.1, 0.15) is 43.6 Å². The summed E-state index contributed by atoms with van der Waals surface area (Å²) < 4.78 is 1.86. The quantitative estimate of drug-likeness (QED) is 0.892. The molecule has 6 heteroatoms. The Morgan fingerprint density at radius 1 is 1.32 bits per heavy atom. The van der Waals surface area contributed by atoms with E-state index in [1.54, 1.807) is 4.90 Å². The molecule has 22 heavy (non-hydrogen) atoms. The van der Waals surface area contributed by atoms with Crippen molar-refractivity contribution in [2.45, 2.75) is 46.0 Å². The molecule has 6 nitrogen and oxygen atoms in total. The number of piperidine rings is 1. The average Bonchev–Trinajstić information content (AvgIpc) is 2.82. The largest absolute Gasteiger partial charge is 0.481 e.